The van der Waals surface area contributed by atoms with E-state index in [9.17, 15) is 20.2 Å². The topological polar surface area (TPSA) is 86.3 Å². The van der Waals surface area contributed by atoms with Crippen molar-refractivity contribution < 1.29 is 9.85 Å². The van der Waals surface area contributed by atoms with E-state index in [4.69, 9.17) is 0 Å². The van der Waals surface area contributed by atoms with Crippen molar-refractivity contribution >= 4 is 23.1 Å². The maximum atomic E-state index is 10.7. The van der Waals surface area contributed by atoms with Gasteiger partial charge in [0.2, 0.25) is 0 Å². The number of benzene rings is 2. The minimum atomic E-state index is -0.432. The molecule has 21 heavy (non-hydrogen) atoms. The van der Waals surface area contributed by atoms with Gasteiger partial charge in [-0.2, -0.15) is 0 Å². The third-order valence-corrected chi connectivity index (χ3v) is 4.31. The minimum Gasteiger partial charge on any atom is -0.258 e. The number of non-ortho nitro benzene ring substituents is 2. The molecule has 0 aliphatic heterocycles. The second kappa shape index (κ2) is 5.92. The Morgan fingerprint density at radius 2 is 1.19 bits per heavy atom. The van der Waals surface area contributed by atoms with E-state index in [1.165, 1.54) is 36.0 Å². The van der Waals surface area contributed by atoms with Crippen molar-refractivity contribution in [3.63, 3.8) is 0 Å². The van der Waals surface area contributed by atoms with Crippen LogP contribution in [0.5, 0.6) is 0 Å². The Bertz CT molecular complexity index is 669. The lowest BCUT2D eigenvalue weighted by Crippen LogP contribution is -1.91. The van der Waals surface area contributed by atoms with Gasteiger partial charge in [-0.25, -0.2) is 0 Å². The Morgan fingerprint density at radius 3 is 1.48 bits per heavy atom. The molecule has 2 aromatic rings. The average molecular weight is 304 g/mol. The van der Waals surface area contributed by atoms with Crippen LogP contribution >= 0.6 is 11.8 Å². The fourth-order valence-corrected chi connectivity index (χ4v) is 2.79. The molecule has 0 aliphatic rings. The lowest BCUT2D eigenvalue weighted by atomic mass is 10.2. The van der Waals surface area contributed by atoms with Crippen LogP contribution in [0.3, 0.4) is 0 Å². The Hall–Kier alpha value is -2.41. The standard InChI is InChI=1S/C14H12N2O4S/c1-9-7-11(15(17)18)3-5-13(9)21-14-6-4-12(16(19)20)8-10(14)2/h3-8H,1-2H3. The average Bonchev–Trinajstić information content (AvgIpc) is 2.42. The smallest absolute Gasteiger partial charge is 0.258 e. The Balaban J connectivity index is 2.30. The van der Waals surface area contributed by atoms with Gasteiger partial charge in [-0.3, -0.25) is 20.2 Å². The molecule has 2 rings (SSSR count). The maximum absolute atomic E-state index is 10.7. The lowest BCUT2D eigenvalue weighted by Gasteiger charge is -2.08. The summed E-state index contributed by atoms with van der Waals surface area (Å²) in [6.45, 7) is 3.60. The molecule has 2 aromatic carbocycles. The number of hydrogen-bond donors (Lipinski definition) is 0. The summed E-state index contributed by atoms with van der Waals surface area (Å²) in [5.41, 5.74) is 1.70. The summed E-state index contributed by atoms with van der Waals surface area (Å²) in [7, 11) is 0. The van der Waals surface area contributed by atoms with Crippen LogP contribution in [0.15, 0.2) is 46.2 Å². The van der Waals surface area contributed by atoms with Crippen LogP contribution < -0.4 is 0 Å². The summed E-state index contributed by atoms with van der Waals surface area (Å²) < 4.78 is 0. The highest BCUT2D eigenvalue weighted by atomic mass is 32.2. The zero-order valence-corrected chi connectivity index (χ0v) is 12.2. The predicted molar refractivity (Wildman–Crippen MR) is 79.8 cm³/mol. The number of nitrogens with zero attached hydrogens (tertiary/aromatic N) is 2. The highest BCUT2D eigenvalue weighted by molar-refractivity contribution is 7.99. The second-order valence-corrected chi connectivity index (χ2v) is 5.60. The van der Waals surface area contributed by atoms with Crippen molar-refractivity contribution in [1.29, 1.82) is 0 Å². The Kier molecular flexibility index (Phi) is 4.23. The third-order valence-electron chi connectivity index (χ3n) is 2.96. The van der Waals surface area contributed by atoms with Gasteiger partial charge in [0.15, 0.2) is 0 Å². The van der Waals surface area contributed by atoms with Gasteiger partial charge in [-0.05, 0) is 37.1 Å². The van der Waals surface area contributed by atoms with Crippen molar-refractivity contribution in [2.24, 2.45) is 0 Å². The number of aryl methyl sites for hydroxylation is 2. The van der Waals surface area contributed by atoms with Crippen LogP contribution in [0, 0.1) is 34.1 Å². The number of nitro benzene ring substituents is 2. The molecule has 0 unspecified atom stereocenters. The van der Waals surface area contributed by atoms with E-state index in [0.717, 1.165) is 20.9 Å². The largest absolute Gasteiger partial charge is 0.269 e. The summed E-state index contributed by atoms with van der Waals surface area (Å²) in [4.78, 5) is 22.3. The first-order chi connectivity index (χ1) is 9.88. The fraction of sp³-hybridized carbons (Fsp3) is 0.143. The van der Waals surface area contributed by atoms with Gasteiger partial charge in [0.25, 0.3) is 11.4 Å². The first kappa shape index (κ1) is 15.0. The van der Waals surface area contributed by atoms with Gasteiger partial charge in [0.05, 0.1) is 9.85 Å². The van der Waals surface area contributed by atoms with Crippen molar-refractivity contribution in [2.45, 2.75) is 23.6 Å². The molecule has 0 saturated heterocycles. The monoisotopic (exact) mass is 304 g/mol. The van der Waals surface area contributed by atoms with Crippen LogP contribution in [0.25, 0.3) is 0 Å². The van der Waals surface area contributed by atoms with Crippen molar-refractivity contribution in [1.82, 2.24) is 0 Å². The quantitative estimate of drug-likeness (QED) is 0.621. The maximum Gasteiger partial charge on any atom is 0.269 e. The van der Waals surface area contributed by atoms with E-state index < -0.39 is 9.85 Å². The van der Waals surface area contributed by atoms with Crippen molar-refractivity contribution in [3.8, 4) is 0 Å². The molecule has 0 saturated carbocycles. The van der Waals surface area contributed by atoms with E-state index in [-0.39, 0.29) is 11.4 Å². The normalized spacial score (nSPS) is 10.4. The molecule has 0 spiro atoms. The Labute approximate surface area is 125 Å². The zero-order chi connectivity index (χ0) is 15.6. The molecule has 0 atom stereocenters. The molecule has 7 heteroatoms. The van der Waals surface area contributed by atoms with Gasteiger partial charge in [-0.1, -0.05) is 11.8 Å². The molecule has 108 valence electrons. The summed E-state index contributed by atoms with van der Waals surface area (Å²) in [6, 6.07) is 9.33. The highest BCUT2D eigenvalue weighted by Gasteiger charge is 2.12. The van der Waals surface area contributed by atoms with Gasteiger partial charge in [0.1, 0.15) is 0 Å². The number of rotatable bonds is 4. The third kappa shape index (κ3) is 3.38. The fourth-order valence-electron chi connectivity index (χ4n) is 1.84. The van der Waals surface area contributed by atoms with E-state index in [0.29, 0.717) is 0 Å². The first-order valence-corrected chi connectivity index (χ1v) is 6.88. The SMILES string of the molecule is Cc1cc([N+](=O)[O-])ccc1Sc1ccc([N+](=O)[O-])cc1C. The van der Waals surface area contributed by atoms with E-state index in [1.807, 2.05) is 0 Å². The molecular weight excluding hydrogens is 292 g/mol. The summed E-state index contributed by atoms with van der Waals surface area (Å²) in [5, 5.41) is 21.4. The number of hydrogen-bond acceptors (Lipinski definition) is 5. The second-order valence-electron chi connectivity index (χ2n) is 4.52. The summed E-state index contributed by atoms with van der Waals surface area (Å²) >= 11 is 1.44. The van der Waals surface area contributed by atoms with Gasteiger partial charge >= 0.3 is 0 Å². The van der Waals surface area contributed by atoms with E-state index in [2.05, 4.69) is 0 Å². The van der Waals surface area contributed by atoms with Crippen molar-refractivity contribution in [3.05, 3.63) is 67.8 Å². The molecule has 0 heterocycles. The van der Waals surface area contributed by atoms with Gasteiger partial charge in [0, 0.05) is 34.1 Å². The van der Waals surface area contributed by atoms with Crippen molar-refractivity contribution in [2.75, 3.05) is 0 Å². The van der Waals surface area contributed by atoms with Crippen LogP contribution in [-0.4, -0.2) is 9.85 Å². The molecule has 0 N–H and O–H groups in total. The summed E-state index contributed by atoms with van der Waals surface area (Å²) in [5.74, 6) is 0. The number of nitro groups is 2. The molecule has 0 bridgehead atoms. The van der Waals surface area contributed by atoms with Gasteiger partial charge in [-0.15, -0.1) is 0 Å². The van der Waals surface area contributed by atoms with Crippen LogP contribution in [0.1, 0.15) is 11.1 Å². The lowest BCUT2D eigenvalue weighted by molar-refractivity contribution is -0.385. The molecule has 6 nitrogen and oxygen atoms in total. The molecule has 0 aromatic heterocycles. The van der Waals surface area contributed by atoms with Crippen LogP contribution in [-0.2, 0) is 0 Å². The predicted octanol–water partition coefficient (Wildman–Crippen LogP) is 4.27. The van der Waals surface area contributed by atoms with E-state index in [1.54, 1.807) is 26.0 Å². The molecule has 0 radical (unpaired) electrons. The van der Waals surface area contributed by atoms with Crippen LogP contribution in [0.4, 0.5) is 11.4 Å². The Morgan fingerprint density at radius 1 is 0.810 bits per heavy atom. The minimum absolute atomic E-state index is 0.0530. The van der Waals surface area contributed by atoms with Crippen LogP contribution in [0.2, 0.25) is 0 Å². The highest BCUT2D eigenvalue weighted by Crippen LogP contribution is 2.35. The zero-order valence-electron chi connectivity index (χ0n) is 11.4. The summed E-state index contributed by atoms with van der Waals surface area (Å²) in [6.07, 6.45) is 0. The first-order valence-electron chi connectivity index (χ1n) is 6.06. The molecule has 0 fully saturated rings. The van der Waals surface area contributed by atoms with Gasteiger partial charge < -0.3 is 0 Å². The van der Waals surface area contributed by atoms with E-state index >= 15 is 0 Å². The molecular formula is C14H12N2O4S. The molecule has 0 aliphatic carbocycles. The molecule has 0 amide bonds.